The summed E-state index contributed by atoms with van der Waals surface area (Å²) >= 11 is 0. The highest BCUT2D eigenvalue weighted by atomic mass is 14.9. The van der Waals surface area contributed by atoms with Gasteiger partial charge in [0.25, 0.3) is 0 Å². The molecule has 1 nitrogen and oxygen atoms in total. The molecule has 18 heavy (non-hydrogen) atoms. The van der Waals surface area contributed by atoms with Crippen LogP contribution in [-0.4, -0.2) is 12.6 Å². The molecule has 3 rings (SSSR count). The number of fused-ring (bicyclic) bond motifs is 1. The van der Waals surface area contributed by atoms with E-state index in [-0.39, 0.29) is 0 Å². The highest BCUT2D eigenvalue weighted by Crippen LogP contribution is 2.20. The predicted molar refractivity (Wildman–Crippen MR) is 77.8 cm³/mol. The first-order valence-electron chi connectivity index (χ1n) is 7.02. The lowest BCUT2D eigenvalue weighted by Crippen LogP contribution is -2.24. The molecule has 1 N–H and O–H groups in total. The average molecular weight is 239 g/mol. The minimum Gasteiger partial charge on any atom is -0.314 e. The number of hydrogen-bond acceptors (Lipinski definition) is 1. The predicted octanol–water partition coefficient (Wildman–Crippen LogP) is 3.77. The second-order valence-electron chi connectivity index (χ2n) is 5.67. The van der Waals surface area contributed by atoms with E-state index >= 15 is 0 Å². The van der Waals surface area contributed by atoms with Gasteiger partial charge in [0.1, 0.15) is 0 Å². The van der Waals surface area contributed by atoms with Crippen molar-refractivity contribution < 1.29 is 0 Å². The molecule has 1 heteroatoms. The quantitative estimate of drug-likeness (QED) is 0.837. The Hall–Kier alpha value is -1.34. The molecule has 1 unspecified atom stereocenters. The van der Waals surface area contributed by atoms with Crippen molar-refractivity contribution >= 4 is 10.8 Å². The van der Waals surface area contributed by atoms with E-state index < -0.39 is 0 Å². The monoisotopic (exact) mass is 239 g/mol. The van der Waals surface area contributed by atoms with Crippen LogP contribution in [0.3, 0.4) is 0 Å². The van der Waals surface area contributed by atoms with E-state index in [4.69, 9.17) is 0 Å². The smallest absolute Gasteiger partial charge is 0.00683 e. The molecular weight excluding hydrogens is 218 g/mol. The van der Waals surface area contributed by atoms with Crippen LogP contribution in [0.1, 0.15) is 25.3 Å². The molecule has 2 aromatic carbocycles. The largest absolute Gasteiger partial charge is 0.314 e. The summed E-state index contributed by atoms with van der Waals surface area (Å²) in [6.07, 6.45) is 3.93. The first kappa shape index (κ1) is 11.7. The molecule has 0 spiro atoms. The average Bonchev–Trinajstić information content (AvgIpc) is 3.20. The van der Waals surface area contributed by atoms with Crippen molar-refractivity contribution in [1.82, 2.24) is 5.32 Å². The molecule has 0 aromatic heterocycles. The number of nitrogens with one attached hydrogen (secondary N) is 1. The Kier molecular flexibility index (Phi) is 3.33. The van der Waals surface area contributed by atoms with E-state index in [0.29, 0.717) is 5.92 Å². The molecule has 1 aliphatic carbocycles. The third-order valence-corrected chi connectivity index (χ3v) is 3.73. The summed E-state index contributed by atoms with van der Waals surface area (Å²) in [5.41, 5.74) is 1.46. The van der Waals surface area contributed by atoms with Crippen LogP contribution in [0.5, 0.6) is 0 Å². The highest BCUT2D eigenvalue weighted by molar-refractivity contribution is 5.82. The maximum absolute atomic E-state index is 3.61. The summed E-state index contributed by atoms with van der Waals surface area (Å²) in [6, 6.07) is 16.3. The topological polar surface area (TPSA) is 12.0 Å². The molecule has 0 radical (unpaired) electrons. The molecule has 94 valence electrons. The lowest BCUT2D eigenvalue weighted by atomic mass is 9.98. The van der Waals surface area contributed by atoms with Gasteiger partial charge in [0.05, 0.1) is 0 Å². The van der Waals surface area contributed by atoms with E-state index in [1.165, 1.54) is 35.6 Å². The Morgan fingerprint density at radius 2 is 1.89 bits per heavy atom. The molecular formula is C17H21N. The van der Waals surface area contributed by atoms with Gasteiger partial charge in [0, 0.05) is 6.04 Å². The van der Waals surface area contributed by atoms with Crippen molar-refractivity contribution in [3.05, 3.63) is 48.0 Å². The van der Waals surface area contributed by atoms with Crippen LogP contribution in [0.4, 0.5) is 0 Å². The molecule has 1 fully saturated rings. The Balaban J connectivity index is 1.65. The van der Waals surface area contributed by atoms with Gasteiger partial charge in [-0.05, 0) is 48.1 Å². The first-order chi connectivity index (χ1) is 8.81. The number of rotatable bonds is 5. The van der Waals surface area contributed by atoms with E-state index in [0.717, 1.165) is 12.6 Å². The zero-order chi connectivity index (χ0) is 12.4. The standard InChI is InChI=1S/C17H21N/c1-13(12-18-17-8-9-17)10-14-6-7-15-4-2-3-5-16(15)11-14/h2-7,11,13,17-18H,8-10,12H2,1H3. The number of benzene rings is 2. The van der Waals surface area contributed by atoms with Crippen LogP contribution in [0.2, 0.25) is 0 Å². The van der Waals surface area contributed by atoms with Crippen LogP contribution in [0, 0.1) is 5.92 Å². The normalized spacial score (nSPS) is 16.9. The minimum absolute atomic E-state index is 0.715. The molecule has 1 atom stereocenters. The summed E-state index contributed by atoms with van der Waals surface area (Å²) in [5, 5.41) is 6.31. The SMILES string of the molecule is CC(CNC1CC1)Cc1ccc2ccccc2c1. The highest BCUT2D eigenvalue weighted by Gasteiger charge is 2.20. The molecule has 0 saturated heterocycles. The maximum Gasteiger partial charge on any atom is 0.00683 e. The fourth-order valence-electron chi connectivity index (χ4n) is 2.50. The van der Waals surface area contributed by atoms with Gasteiger partial charge in [0.15, 0.2) is 0 Å². The molecule has 0 heterocycles. The maximum atomic E-state index is 3.61. The van der Waals surface area contributed by atoms with E-state index in [1.54, 1.807) is 0 Å². The fourth-order valence-corrected chi connectivity index (χ4v) is 2.50. The van der Waals surface area contributed by atoms with Crippen molar-refractivity contribution in [2.45, 2.75) is 32.2 Å². The summed E-state index contributed by atoms with van der Waals surface area (Å²) in [6.45, 7) is 3.49. The van der Waals surface area contributed by atoms with Crippen molar-refractivity contribution in [2.24, 2.45) is 5.92 Å². The van der Waals surface area contributed by atoms with Crippen LogP contribution in [-0.2, 0) is 6.42 Å². The summed E-state index contributed by atoms with van der Waals surface area (Å²) < 4.78 is 0. The first-order valence-corrected chi connectivity index (χ1v) is 7.02. The summed E-state index contributed by atoms with van der Waals surface area (Å²) in [4.78, 5) is 0. The van der Waals surface area contributed by atoms with Gasteiger partial charge >= 0.3 is 0 Å². The Labute approximate surface area is 109 Å². The van der Waals surface area contributed by atoms with Gasteiger partial charge in [-0.25, -0.2) is 0 Å². The van der Waals surface area contributed by atoms with Crippen molar-refractivity contribution in [3.8, 4) is 0 Å². The fraction of sp³-hybridized carbons (Fsp3) is 0.412. The Morgan fingerprint density at radius 3 is 2.67 bits per heavy atom. The van der Waals surface area contributed by atoms with Crippen molar-refractivity contribution in [2.75, 3.05) is 6.54 Å². The van der Waals surface area contributed by atoms with Crippen molar-refractivity contribution in [3.63, 3.8) is 0 Å². The van der Waals surface area contributed by atoms with Gasteiger partial charge in [-0.15, -0.1) is 0 Å². The molecule has 1 aliphatic rings. The van der Waals surface area contributed by atoms with Gasteiger partial charge in [-0.2, -0.15) is 0 Å². The second-order valence-corrected chi connectivity index (χ2v) is 5.67. The Bertz CT molecular complexity index is 528. The van der Waals surface area contributed by atoms with E-state index in [1.807, 2.05) is 0 Å². The van der Waals surface area contributed by atoms with E-state index in [2.05, 4.69) is 54.7 Å². The molecule has 0 aliphatic heterocycles. The van der Waals surface area contributed by atoms with Gasteiger partial charge in [0.2, 0.25) is 0 Å². The zero-order valence-corrected chi connectivity index (χ0v) is 11.0. The lowest BCUT2D eigenvalue weighted by Gasteiger charge is -2.12. The Morgan fingerprint density at radius 1 is 1.11 bits per heavy atom. The van der Waals surface area contributed by atoms with Gasteiger partial charge < -0.3 is 5.32 Å². The van der Waals surface area contributed by atoms with Crippen LogP contribution in [0.15, 0.2) is 42.5 Å². The van der Waals surface area contributed by atoms with Gasteiger partial charge in [-0.1, -0.05) is 49.4 Å². The lowest BCUT2D eigenvalue weighted by molar-refractivity contribution is 0.509. The minimum atomic E-state index is 0.715. The van der Waals surface area contributed by atoms with Crippen molar-refractivity contribution in [1.29, 1.82) is 0 Å². The molecule has 0 amide bonds. The third kappa shape index (κ3) is 2.91. The van der Waals surface area contributed by atoms with Crippen LogP contribution < -0.4 is 5.32 Å². The molecule has 0 bridgehead atoms. The number of hydrogen-bond donors (Lipinski definition) is 1. The zero-order valence-electron chi connectivity index (χ0n) is 11.0. The summed E-state index contributed by atoms with van der Waals surface area (Å²) in [7, 11) is 0. The van der Waals surface area contributed by atoms with Crippen LogP contribution >= 0.6 is 0 Å². The van der Waals surface area contributed by atoms with Crippen LogP contribution in [0.25, 0.3) is 10.8 Å². The third-order valence-electron chi connectivity index (χ3n) is 3.73. The van der Waals surface area contributed by atoms with Gasteiger partial charge in [-0.3, -0.25) is 0 Å². The molecule has 2 aromatic rings. The molecule has 1 saturated carbocycles. The second kappa shape index (κ2) is 5.11. The van der Waals surface area contributed by atoms with E-state index in [9.17, 15) is 0 Å². The summed E-state index contributed by atoms with van der Waals surface area (Å²) in [5.74, 6) is 0.715.